The highest BCUT2D eigenvalue weighted by molar-refractivity contribution is 6.02. The van der Waals surface area contributed by atoms with E-state index in [1.807, 2.05) is 32.9 Å². The number of benzene rings is 1. The van der Waals surface area contributed by atoms with Crippen LogP contribution in [-0.2, 0) is 4.79 Å². The molecule has 2 amide bonds. The summed E-state index contributed by atoms with van der Waals surface area (Å²) in [6.07, 6.45) is 2.04. The maximum absolute atomic E-state index is 12.9. The normalized spacial score (nSPS) is 14.8. The van der Waals surface area contributed by atoms with Crippen molar-refractivity contribution in [2.45, 2.75) is 20.8 Å². The van der Waals surface area contributed by atoms with Crippen molar-refractivity contribution >= 4 is 17.8 Å². The number of aryl methyl sites for hydroxylation is 3. The fraction of sp³-hybridized carbons (Fsp3) is 0.333. The Morgan fingerprint density at radius 2 is 1.68 bits per heavy atom. The van der Waals surface area contributed by atoms with Gasteiger partial charge in [-0.15, -0.1) is 0 Å². The summed E-state index contributed by atoms with van der Waals surface area (Å²) >= 11 is 0. The molecule has 1 saturated heterocycles. The van der Waals surface area contributed by atoms with Gasteiger partial charge in [0.25, 0.3) is 5.91 Å². The zero-order valence-corrected chi connectivity index (χ0v) is 14.4. The van der Waals surface area contributed by atoms with Crippen molar-refractivity contribution in [2.24, 2.45) is 0 Å². The van der Waals surface area contributed by atoms with Crippen LogP contribution in [0.3, 0.4) is 0 Å². The van der Waals surface area contributed by atoms with Crippen LogP contribution in [0.4, 0.5) is 10.3 Å². The van der Waals surface area contributed by atoms with E-state index in [1.54, 1.807) is 0 Å². The minimum atomic E-state index is -0.560. The Hall–Kier alpha value is -2.83. The van der Waals surface area contributed by atoms with Gasteiger partial charge in [-0.3, -0.25) is 14.5 Å². The quantitative estimate of drug-likeness (QED) is 0.838. The third kappa shape index (κ3) is 3.35. The Labute approximate surface area is 145 Å². The molecule has 1 aliphatic rings. The molecule has 0 spiro atoms. The van der Waals surface area contributed by atoms with Crippen molar-refractivity contribution in [3.63, 3.8) is 0 Å². The number of halogens is 1. The molecule has 0 aliphatic carbocycles. The molecule has 3 rings (SSSR count). The molecule has 6 nitrogen and oxygen atoms in total. The second-order valence-electron chi connectivity index (χ2n) is 6.25. The van der Waals surface area contributed by atoms with Crippen LogP contribution in [0, 0.1) is 26.6 Å². The van der Waals surface area contributed by atoms with Crippen molar-refractivity contribution in [1.29, 1.82) is 0 Å². The molecule has 25 heavy (non-hydrogen) atoms. The highest BCUT2D eigenvalue weighted by Crippen LogP contribution is 2.20. The second kappa shape index (κ2) is 6.58. The number of piperazine rings is 1. The molecule has 0 radical (unpaired) electrons. The fourth-order valence-electron chi connectivity index (χ4n) is 3.18. The summed E-state index contributed by atoms with van der Waals surface area (Å²) in [6, 6.07) is 3.93. The highest BCUT2D eigenvalue weighted by atomic mass is 19.1. The largest absolute Gasteiger partial charge is 0.328 e. The Morgan fingerprint density at radius 3 is 2.24 bits per heavy atom. The first-order valence-corrected chi connectivity index (χ1v) is 8.02. The molecule has 2 heterocycles. The third-order valence-electron chi connectivity index (χ3n) is 4.25. The lowest BCUT2D eigenvalue weighted by molar-refractivity contribution is -0.120. The molecular weight excluding hydrogens is 323 g/mol. The van der Waals surface area contributed by atoms with E-state index in [1.165, 1.54) is 9.80 Å². The minimum absolute atomic E-state index is 0.0493. The summed E-state index contributed by atoms with van der Waals surface area (Å²) in [5.74, 6) is -0.840. The average molecular weight is 342 g/mol. The van der Waals surface area contributed by atoms with Crippen molar-refractivity contribution in [1.82, 2.24) is 14.9 Å². The van der Waals surface area contributed by atoms with Gasteiger partial charge in [-0.1, -0.05) is 17.7 Å². The number of nitrogens with zero attached hydrogens (tertiary/aromatic N) is 4. The molecular formula is C18H19FN4O2. The van der Waals surface area contributed by atoms with Crippen LogP contribution >= 0.6 is 0 Å². The van der Waals surface area contributed by atoms with Gasteiger partial charge in [0.05, 0.1) is 12.4 Å². The lowest BCUT2D eigenvalue weighted by Gasteiger charge is -2.33. The van der Waals surface area contributed by atoms with Crippen LogP contribution in [0.25, 0.3) is 0 Å². The van der Waals surface area contributed by atoms with Crippen LogP contribution in [0.15, 0.2) is 24.5 Å². The Kier molecular flexibility index (Phi) is 4.48. The first-order chi connectivity index (χ1) is 11.9. The molecule has 130 valence electrons. The van der Waals surface area contributed by atoms with Gasteiger partial charge < -0.3 is 4.90 Å². The average Bonchev–Trinajstić information content (AvgIpc) is 2.54. The number of aromatic nitrogens is 2. The van der Waals surface area contributed by atoms with E-state index < -0.39 is 5.82 Å². The van der Waals surface area contributed by atoms with Crippen molar-refractivity contribution in [3.05, 3.63) is 52.6 Å². The zero-order valence-electron chi connectivity index (χ0n) is 14.4. The minimum Gasteiger partial charge on any atom is -0.328 e. The van der Waals surface area contributed by atoms with E-state index in [0.717, 1.165) is 29.1 Å². The summed E-state index contributed by atoms with van der Waals surface area (Å²) in [7, 11) is 0. The van der Waals surface area contributed by atoms with Crippen molar-refractivity contribution in [2.75, 3.05) is 24.5 Å². The Morgan fingerprint density at radius 1 is 1.08 bits per heavy atom. The lowest BCUT2D eigenvalue weighted by Crippen LogP contribution is -2.53. The number of carbonyl (C=O) groups excluding carboxylic acids is 2. The van der Waals surface area contributed by atoms with E-state index in [9.17, 15) is 14.0 Å². The molecule has 1 fully saturated rings. The maximum Gasteiger partial charge on any atom is 0.254 e. The molecule has 1 aromatic heterocycles. The number of amides is 2. The number of carbonyl (C=O) groups is 2. The molecule has 1 aliphatic heterocycles. The van der Waals surface area contributed by atoms with Crippen LogP contribution in [0.5, 0.6) is 0 Å². The summed E-state index contributed by atoms with van der Waals surface area (Å²) in [5.41, 5.74) is 3.55. The summed E-state index contributed by atoms with van der Waals surface area (Å²) in [6.45, 7) is 6.39. The molecule has 0 atom stereocenters. The number of rotatable bonds is 2. The smallest absolute Gasteiger partial charge is 0.254 e. The predicted molar refractivity (Wildman–Crippen MR) is 90.9 cm³/mol. The van der Waals surface area contributed by atoms with Crippen molar-refractivity contribution < 1.29 is 14.0 Å². The number of hydrogen-bond donors (Lipinski definition) is 0. The van der Waals surface area contributed by atoms with Crippen LogP contribution in [0.2, 0.25) is 0 Å². The summed E-state index contributed by atoms with van der Waals surface area (Å²) in [5, 5.41) is 0. The van der Waals surface area contributed by atoms with Crippen LogP contribution in [-0.4, -0.2) is 46.3 Å². The predicted octanol–water partition coefficient (Wildman–Crippen LogP) is 2.03. The number of anilines is 1. The second-order valence-corrected chi connectivity index (χ2v) is 6.25. The first-order valence-electron chi connectivity index (χ1n) is 8.02. The zero-order chi connectivity index (χ0) is 18.1. The van der Waals surface area contributed by atoms with E-state index in [2.05, 4.69) is 9.97 Å². The fourth-order valence-corrected chi connectivity index (χ4v) is 3.18. The van der Waals surface area contributed by atoms with Gasteiger partial charge >= 0.3 is 0 Å². The van der Waals surface area contributed by atoms with E-state index in [4.69, 9.17) is 0 Å². The summed E-state index contributed by atoms with van der Waals surface area (Å²) < 4.78 is 12.9. The monoisotopic (exact) mass is 342 g/mol. The molecule has 0 saturated carbocycles. The molecule has 0 unspecified atom stereocenters. The van der Waals surface area contributed by atoms with Gasteiger partial charge in [0.2, 0.25) is 11.9 Å². The maximum atomic E-state index is 12.9. The SMILES string of the molecule is Cc1cc(C)c(C(=O)N2CCN(c3ncc(F)cn3)C(=O)C2)c(C)c1. The molecule has 1 aromatic carbocycles. The third-order valence-corrected chi connectivity index (χ3v) is 4.25. The molecule has 7 heteroatoms. The lowest BCUT2D eigenvalue weighted by atomic mass is 9.98. The number of hydrogen-bond acceptors (Lipinski definition) is 4. The molecule has 0 N–H and O–H groups in total. The van der Waals surface area contributed by atoms with E-state index in [-0.39, 0.29) is 30.9 Å². The van der Waals surface area contributed by atoms with Gasteiger partial charge in [0.1, 0.15) is 6.54 Å². The first kappa shape index (κ1) is 17.0. The highest BCUT2D eigenvalue weighted by Gasteiger charge is 2.31. The van der Waals surface area contributed by atoms with Crippen LogP contribution < -0.4 is 4.90 Å². The van der Waals surface area contributed by atoms with Crippen molar-refractivity contribution in [3.8, 4) is 0 Å². The Bertz CT molecular complexity index is 812. The topological polar surface area (TPSA) is 66.4 Å². The van der Waals surface area contributed by atoms with Gasteiger partial charge in [0, 0.05) is 18.7 Å². The standard InChI is InChI=1S/C18H19FN4O2/c1-11-6-12(2)16(13(3)7-11)17(25)22-4-5-23(15(24)10-22)18-20-8-14(19)9-21-18/h6-9H,4-5,10H2,1-3H3. The van der Waals surface area contributed by atoms with Crippen LogP contribution in [0.1, 0.15) is 27.0 Å². The van der Waals surface area contributed by atoms with Gasteiger partial charge in [0.15, 0.2) is 5.82 Å². The Balaban J connectivity index is 1.78. The van der Waals surface area contributed by atoms with E-state index >= 15 is 0 Å². The van der Waals surface area contributed by atoms with Gasteiger partial charge in [-0.25, -0.2) is 14.4 Å². The van der Waals surface area contributed by atoms with Gasteiger partial charge in [-0.2, -0.15) is 0 Å². The van der Waals surface area contributed by atoms with E-state index in [0.29, 0.717) is 12.1 Å². The summed E-state index contributed by atoms with van der Waals surface area (Å²) in [4.78, 5) is 35.8. The molecule has 0 bridgehead atoms. The van der Waals surface area contributed by atoms with Gasteiger partial charge in [-0.05, 0) is 31.9 Å². The molecule has 2 aromatic rings.